The van der Waals surface area contributed by atoms with Crippen LogP contribution in [-0.2, 0) is 16.1 Å². The van der Waals surface area contributed by atoms with E-state index in [1.165, 1.54) is 6.92 Å². The number of ketones is 1. The molecule has 0 radical (unpaired) electrons. The molecule has 0 spiro atoms. The second-order valence-electron chi connectivity index (χ2n) is 6.18. The Hall–Kier alpha value is -3.08. The summed E-state index contributed by atoms with van der Waals surface area (Å²) in [4.78, 5) is 26.5. The van der Waals surface area contributed by atoms with Gasteiger partial charge in [0.15, 0.2) is 5.78 Å². The lowest BCUT2D eigenvalue weighted by Gasteiger charge is -2.36. The lowest BCUT2D eigenvalue weighted by molar-refractivity contribution is -0.114. The highest BCUT2D eigenvalue weighted by atomic mass is 16.6. The molecule has 3 rings (SSSR count). The third-order valence-corrected chi connectivity index (χ3v) is 4.45. The van der Waals surface area contributed by atoms with Gasteiger partial charge < -0.3 is 9.47 Å². The van der Waals surface area contributed by atoms with Gasteiger partial charge in [0, 0.05) is 6.54 Å². The lowest BCUT2D eigenvalue weighted by atomic mass is 9.92. The van der Waals surface area contributed by atoms with Crippen molar-refractivity contribution in [2.75, 3.05) is 7.11 Å². The van der Waals surface area contributed by atoms with E-state index in [0.29, 0.717) is 23.6 Å². The van der Waals surface area contributed by atoms with E-state index in [1.54, 1.807) is 18.9 Å². The number of allylic oxidation sites excluding steroid dienone is 1. The van der Waals surface area contributed by atoms with Crippen LogP contribution in [0.4, 0.5) is 4.79 Å². The summed E-state index contributed by atoms with van der Waals surface area (Å²) in [6, 6.07) is 16.5. The Balaban J connectivity index is 2.07. The molecule has 0 bridgehead atoms. The molecule has 1 aliphatic rings. The van der Waals surface area contributed by atoms with Crippen LogP contribution in [0.2, 0.25) is 0 Å². The number of hydrogen-bond donors (Lipinski definition) is 0. The molecule has 5 nitrogen and oxygen atoms in total. The van der Waals surface area contributed by atoms with E-state index in [-0.39, 0.29) is 5.78 Å². The topological polar surface area (TPSA) is 55.8 Å². The van der Waals surface area contributed by atoms with Gasteiger partial charge in [0.1, 0.15) is 11.5 Å². The highest BCUT2D eigenvalue weighted by Crippen LogP contribution is 2.37. The number of hydrogen-bond acceptors (Lipinski definition) is 4. The summed E-state index contributed by atoms with van der Waals surface area (Å²) in [6.45, 7) is 3.50. The summed E-state index contributed by atoms with van der Waals surface area (Å²) in [7, 11) is 1.60. The predicted molar refractivity (Wildman–Crippen MR) is 97.6 cm³/mol. The maximum absolute atomic E-state index is 12.6. The fourth-order valence-electron chi connectivity index (χ4n) is 3.21. The first-order chi connectivity index (χ1) is 12.5. The van der Waals surface area contributed by atoms with Crippen LogP contribution in [0.25, 0.3) is 0 Å². The van der Waals surface area contributed by atoms with E-state index in [2.05, 4.69) is 0 Å². The molecule has 1 atom stereocenters. The monoisotopic (exact) mass is 351 g/mol. The molecule has 134 valence electrons. The van der Waals surface area contributed by atoms with Crippen LogP contribution in [0.15, 0.2) is 65.9 Å². The van der Waals surface area contributed by atoms with Crippen molar-refractivity contribution in [1.82, 2.24) is 4.90 Å². The van der Waals surface area contributed by atoms with Gasteiger partial charge >= 0.3 is 6.09 Å². The highest BCUT2D eigenvalue weighted by Gasteiger charge is 2.38. The number of Topliss-reactive ketones (excluding diaryl/α,β-unsaturated/α-hetero) is 1. The molecule has 0 fully saturated rings. The minimum absolute atomic E-state index is 0.117. The molecule has 2 aromatic carbocycles. The van der Waals surface area contributed by atoms with Gasteiger partial charge in [-0.05, 0) is 37.1 Å². The van der Waals surface area contributed by atoms with Crippen molar-refractivity contribution in [2.45, 2.75) is 26.4 Å². The van der Waals surface area contributed by atoms with E-state index < -0.39 is 12.1 Å². The van der Waals surface area contributed by atoms with Crippen LogP contribution in [0.3, 0.4) is 0 Å². The Kier molecular flexibility index (Phi) is 5.07. The maximum Gasteiger partial charge on any atom is 0.416 e. The van der Waals surface area contributed by atoms with Crippen molar-refractivity contribution in [1.29, 1.82) is 0 Å². The smallest absolute Gasteiger partial charge is 0.416 e. The first kappa shape index (κ1) is 17.7. The molecule has 0 aromatic heterocycles. The number of methoxy groups -OCH3 is 1. The molecule has 0 aliphatic carbocycles. The number of cyclic esters (lactones) is 1. The normalized spacial score (nSPS) is 17.1. The van der Waals surface area contributed by atoms with Crippen LogP contribution in [0.5, 0.6) is 5.75 Å². The molecular weight excluding hydrogens is 330 g/mol. The molecule has 1 heterocycles. The van der Waals surface area contributed by atoms with Crippen molar-refractivity contribution in [3.05, 3.63) is 77.1 Å². The number of amides is 1. The number of benzene rings is 2. The summed E-state index contributed by atoms with van der Waals surface area (Å²) in [5.41, 5.74) is 2.29. The minimum atomic E-state index is -0.500. The highest BCUT2D eigenvalue weighted by molar-refractivity contribution is 5.97. The third kappa shape index (κ3) is 3.47. The van der Waals surface area contributed by atoms with E-state index in [4.69, 9.17) is 9.47 Å². The molecule has 1 amide bonds. The van der Waals surface area contributed by atoms with Crippen LogP contribution < -0.4 is 4.74 Å². The Morgan fingerprint density at radius 3 is 2.35 bits per heavy atom. The average Bonchev–Trinajstić information content (AvgIpc) is 2.64. The molecule has 5 heteroatoms. The zero-order valence-corrected chi connectivity index (χ0v) is 15.1. The van der Waals surface area contributed by atoms with Gasteiger partial charge in [0.2, 0.25) is 0 Å². The van der Waals surface area contributed by atoms with Crippen LogP contribution in [-0.4, -0.2) is 23.9 Å². The quantitative estimate of drug-likeness (QED) is 0.808. The van der Waals surface area contributed by atoms with Gasteiger partial charge in [-0.15, -0.1) is 0 Å². The van der Waals surface area contributed by atoms with Gasteiger partial charge in [-0.1, -0.05) is 42.5 Å². The first-order valence-electron chi connectivity index (χ1n) is 8.39. The zero-order valence-electron chi connectivity index (χ0n) is 15.1. The SMILES string of the molecule is COc1ccc(C2C(C(C)=O)=C(C)OC(=O)N2Cc2ccccc2)cc1. The first-order valence-corrected chi connectivity index (χ1v) is 8.39. The second-order valence-corrected chi connectivity index (χ2v) is 6.18. The molecule has 26 heavy (non-hydrogen) atoms. The lowest BCUT2D eigenvalue weighted by Crippen LogP contribution is -2.41. The van der Waals surface area contributed by atoms with Crippen molar-refractivity contribution < 1.29 is 19.1 Å². The summed E-state index contributed by atoms with van der Waals surface area (Å²) in [6.07, 6.45) is -0.461. The second kappa shape index (κ2) is 7.44. The number of rotatable bonds is 5. The van der Waals surface area contributed by atoms with Crippen LogP contribution in [0, 0.1) is 0 Å². The van der Waals surface area contributed by atoms with Gasteiger partial charge in [-0.3, -0.25) is 9.69 Å². The summed E-state index contributed by atoms with van der Waals surface area (Å²) < 4.78 is 10.6. The van der Waals surface area contributed by atoms with E-state index in [9.17, 15) is 9.59 Å². The van der Waals surface area contributed by atoms with Crippen molar-refractivity contribution in [3.8, 4) is 5.75 Å². The Morgan fingerprint density at radius 1 is 1.12 bits per heavy atom. The Morgan fingerprint density at radius 2 is 1.77 bits per heavy atom. The van der Waals surface area contributed by atoms with Crippen molar-refractivity contribution in [3.63, 3.8) is 0 Å². The molecule has 0 N–H and O–H groups in total. The largest absolute Gasteiger partial charge is 0.497 e. The van der Waals surface area contributed by atoms with Crippen LogP contribution >= 0.6 is 0 Å². The van der Waals surface area contributed by atoms with Crippen LogP contribution in [0.1, 0.15) is 31.0 Å². The number of carbonyl (C=O) groups excluding carboxylic acids is 2. The predicted octanol–water partition coefficient (Wildman–Crippen LogP) is 4.25. The zero-order chi connectivity index (χ0) is 18.7. The van der Waals surface area contributed by atoms with E-state index in [1.807, 2.05) is 54.6 Å². The van der Waals surface area contributed by atoms with E-state index in [0.717, 1.165) is 11.1 Å². The molecule has 1 aliphatic heterocycles. The van der Waals surface area contributed by atoms with Gasteiger partial charge in [0.05, 0.1) is 18.7 Å². The van der Waals surface area contributed by atoms with Gasteiger partial charge in [-0.25, -0.2) is 4.79 Å². The fourth-order valence-corrected chi connectivity index (χ4v) is 3.21. The fraction of sp³-hybridized carbons (Fsp3) is 0.238. The molecule has 0 saturated carbocycles. The Labute approximate surface area is 152 Å². The number of ether oxygens (including phenoxy) is 2. The minimum Gasteiger partial charge on any atom is -0.497 e. The number of nitrogens with zero attached hydrogens (tertiary/aromatic N) is 1. The maximum atomic E-state index is 12.6. The van der Waals surface area contributed by atoms with Crippen molar-refractivity contribution >= 4 is 11.9 Å². The summed E-state index contributed by atoms with van der Waals surface area (Å²) >= 11 is 0. The molecule has 0 saturated heterocycles. The van der Waals surface area contributed by atoms with Gasteiger partial charge in [-0.2, -0.15) is 0 Å². The number of carbonyl (C=O) groups is 2. The molecular formula is C21H21NO4. The van der Waals surface area contributed by atoms with E-state index >= 15 is 0 Å². The molecule has 2 aromatic rings. The Bertz CT molecular complexity index is 840. The summed E-state index contributed by atoms with van der Waals surface area (Å²) in [5, 5.41) is 0. The van der Waals surface area contributed by atoms with Crippen molar-refractivity contribution in [2.24, 2.45) is 0 Å². The third-order valence-electron chi connectivity index (χ3n) is 4.45. The molecule has 1 unspecified atom stereocenters. The summed E-state index contributed by atoms with van der Waals surface area (Å²) in [5.74, 6) is 0.952. The van der Waals surface area contributed by atoms with Gasteiger partial charge in [0.25, 0.3) is 0 Å². The standard InChI is InChI=1S/C21H21NO4/c1-14(23)19-15(2)26-21(24)22(13-16-7-5-4-6-8-16)20(19)17-9-11-18(25-3)12-10-17/h4-12,20H,13H2,1-3H3. The average molecular weight is 351 g/mol.